The molecule has 0 aliphatic heterocycles. The van der Waals surface area contributed by atoms with Gasteiger partial charge in [-0.3, -0.25) is 9.78 Å². The van der Waals surface area contributed by atoms with Crippen LogP contribution in [0.2, 0.25) is 0 Å². The molecular weight excluding hydrogens is 292 g/mol. The molecule has 1 atom stereocenters. The molecule has 0 aliphatic rings. The molecular formula is C17H18N4O2. The monoisotopic (exact) mass is 310 g/mol. The number of fused-ring (bicyclic) bond motifs is 1. The van der Waals surface area contributed by atoms with E-state index in [1.807, 2.05) is 32.9 Å². The second kappa shape index (κ2) is 6.16. The van der Waals surface area contributed by atoms with Crippen molar-refractivity contribution in [2.24, 2.45) is 5.92 Å². The van der Waals surface area contributed by atoms with Crippen LogP contribution < -0.4 is 5.32 Å². The zero-order chi connectivity index (χ0) is 16.4. The number of rotatable bonds is 4. The molecule has 1 N–H and O–H groups in total. The minimum absolute atomic E-state index is 0.0890. The van der Waals surface area contributed by atoms with Crippen LogP contribution in [-0.4, -0.2) is 21.0 Å². The average Bonchev–Trinajstić information content (AvgIpc) is 2.87. The lowest BCUT2D eigenvalue weighted by atomic mass is 9.99. The Hall–Kier alpha value is -2.76. The fourth-order valence-corrected chi connectivity index (χ4v) is 2.54. The van der Waals surface area contributed by atoms with E-state index >= 15 is 0 Å². The van der Waals surface area contributed by atoms with E-state index in [4.69, 9.17) is 4.52 Å². The summed E-state index contributed by atoms with van der Waals surface area (Å²) >= 11 is 0. The van der Waals surface area contributed by atoms with Gasteiger partial charge in [-0.25, -0.2) is 4.98 Å². The summed E-state index contributed by atoms with van der Waals surface area (Å²) in [5.41, 5.74) is 1.81. The minimum atomic E-state index is -0.222. The van der Waals surface area contributed by atoms with Crippen molar-refractivity contribution in [2.75, 3.05) is 5.32 Å². The van der Waals surface area contributed by atoms with Crippen molar-refractivity contribution >= 4 is 22.5 Å². The lowest BCUT2D eigenvalue weighted by Crippen LogP contribution is -2.23. The Bertz CT molecular complexity index is 832. The summed E-state index contributed by atoms with van der Waals surface area (Å²) in [7, 11) is 0. The zero-order valence-electron chi connectivity index (χ0n) is 13.3. The van der Waals surface area contributed by atoms with E-state index in [2.05, 4.69) is 20.4 Å². The van der Waals surface area contributed by atoms with Gasteiger partial charge in [0.15, 0.2) is 0 Å². The van der Waals surface area contributed by atoms with E-state index in [1.54, 1.807) is 18.6 Å². The van der Waals surface area contributed by atoms with E-state index in [1.165, 1.54) is 0 Å². The van der Waals surface area contributed by atoms with Crippen LogP contribution in [0.5, 0.6) is 0 Å². The number of carbonyl (C=O) groups excluding carboxylic acids is 1. The Labute approximate surface area is 133 Å². The van der Waals surface area contributed by atoms with Crippen molar-refractivity contribution in [3.05, 3.63) is 47.7 Å². The van der Waals surface area contributed by atoms with Gasteiger partial charge in [0.05, 0.1) is 5.69 Å². The molecule has 6 heteroatoms. The van der Waals surface area contributed by atoms with E-state index in [-0.39, 0.29) is 11.8 Å². The minimum Gasteiger partial charge on any atom is -0.361 e. The smallest absolute Gasteiger partial charge is 0.228 e. The maximum atomic E-state index is 12.5. The van der Waals surface area contributed by atoms with Crippen LogP contribution in [0.3, 0.4) is 0 Å². The first kappa shape index (κ1) is 15.1. The number of nitrogens with zero attached hydrogens (tertiary/aromatic N) is 3. The highest BCUT2D eigenvalue weighted by atomic mass is 16.5. The summed E-state index contributed by atoms with van der Waals surface area (Å²) in [6.45, 7) is 5.62. The number of aromatic nitrogens is 3. The second-order valence-electron chi connectivity index (χ2n) is 5.65. The maximum absolute atomic E-state index is 12.5. The summed E-state index contributed by atoms with van der Waals surface area (Å²) < 4.78 is 5.15. The molecule has 3 aromatic heterocycles. The molecule has 0 bridgehead atoms. The van der Waals surface area contributed by atoms with E-state index in [0.29, 0.717) is 12.2 Å². The lowest BCUT2D eigenvalue weighted by molar-refractivity contribution is -0.119. The SMILES string of the molecule is Cc1noc(C)c1CC(C)C(=O)Nc1nccc2ccncc12. The predicted octanol–water partition coefficient (Wildman–Crippen LogP) is 3.05. The third-order valence-electron chi connectivity index (χ3n) is 3.95. The molecule has 0 radical (unpaired) electrons. The van der Waals surface area contributed by atoms with Gasteiger partial charge in [-0.2, -0.15) is 0 Å². The average molecular weight is 310 g/mol. The summed E-state index contributed by atoms with van der Waals surface area (Å²) in [6, 6.07) is 3.78. The van der Waals surface area contributed by atoms with Crippen molar-refractivity contribution in [3.63, 3.8) is 0 Å². The van der Waals surface area contributed by atoms with Crippen LogP contribution in [0.15, 0.2) is 35.2 Å². The third-order valence-corrected chi connectivity index (χ3v) is 3.95. The van der Waals surface area contributed by atoms with Crippen LogP contribution in [0.25, 0.3) is 10.8 Å². The molecule has 118 valence electrons. The summed E-state index contributed by atoms with van der Waals surface area (Å²) in [6.07, 6.45) is 5.68. The van der Waals surface area contributed by atoms with Gasteiger partial charge in [0.25, 0.3) is 0 Å². The number of carbonyl (C=O) groups is 1. The summed E-state index contributed by atoms with van der Waals surface area (Å²) in [5.74, 6) is 0.982. The fourth-order valence-electron chi connectivity index (χ4n) is 2.54. The molecule has 3 heterocycles. The number of aryl methyl sites for hydroxylation is 2. The number of amides is 1. The van der Waals surface area contributed by atoms with Crippen molar-refractivity contribution in [3.8, 4) is 0 Å². The molecule has 3 rings (SSSR count). The van der Waals surface area contributed by atoms with E-state index in [0.717, 1.165) is 27.8 Å². The maximum Gasteiger partial charge on any atom is 0.228 e. The Morgan fingerprint density at radius 2 is 2.09 bits per heavy atom. The second-order valence-corrected chi connectivity index (χ2v) is 5.65. The van der Waals surface area contributed by atoms with Gasteiger partial charge < -0.3 is 9.84 Å². The van der Waals surface area contributed by atoms with Crippen LogP contribution >= 0.6 is 0 Å². The van der Waals surface area contributed by atoms with E-state index < -0.39 is 0 Å². The third kappa shape index (κ3) is 3.06. The van der Waals surface area contributed by atoms with Crippen molar-refractivity contribution in [2.45, 2.75) is 27.2 Å². The number of anilines is 1. The predicted molar refractivity (Wildman–Crippen MR) is 87.0 cm³/mol. The molecule has 23 heavy (non-hydrogen) atoms. The molecule has 0 spiro atoms. The van der Waals surface area contributed by atoms with Crippen LogP contribution in [0, 0.1) is 19.8 Å². The molecule has 6 nitrogen and oxygen atoms in total. The Kier molecular flexibility index (Phi) is 4.06. The highest BCUT2D eigenvalue weighted by Crippen LogP contribution is 2.21. The largest absolute Gasteiger partial charge is 0.361 e. The molecule has 0 saturated heterocycles. The topological polar surface area (TPSA) is 80.9 Å². The van der Waals surface area contributed by atoms with Gasteiger partial charge in [0, 0.05) is 35.5 Å². The van der Waals surface area contributed by atoms with Gasteiger partial charge >= 0.3 is 0 Å². The first-order chi connectivity index (χ1) is 11.1. The number of pyridine rings is 2. The van der Waals surface area contributed by atoms with Crippen LogP contribution in [0.4, 0.5) is 5.82 Å². The molecule has 0 aliphatic carbocycles. The quantitative estimate of drug-likeness (QED) is 0.801. The Balaban J connectivity index is 1.78. The number of hydrogen-bond donors (Lipinski definition) is 1. The number of nitrogens with one attached hydrogen (secondary N) is 1. The Morgan fingerprint density at radius 3 is 2.83 bits per heavy atom. The van der Waals surface area contributed by atoms with Gasteiger partial charge in [-0.1, -0.05) is 12.1 Å². The van der Waals surface area contributed by atoms with E-state index in [9.17, 15) is 4.79 Å². The van der Waals surface area contributed by atoms with Crippen molar-refractivity contribution in [1.82, 2.24) is 15.1 Å². The number of hydrogen-bond acceptors (Lipinski definition) is 5. The highest BCUT2D eigenvalue weighted by Gasteiger charge is 2.19. The first-order valence-corrected chi connectivity index (χ1v) is 7.47. The molecule has 0 fully saturated rings. The highest BCUT2D eigenvalue weighted by molar-refractivity contribution is 6.00. The zero-order valence-corrected chi connectivity index (χ0v) is 13.3. The molecule has 3 aromatic rings. The summed E-state index contributed by atoms with van der Waals surface area (Å²) in [4.78, 5) is 20.8. The molecule has 0 aromatic carbocycles. The van der Waals surface area contributed by atoms with Gasteiger partial charge in [-0.15, -0.1) is 0 Å². The van der Waals surface area contributed by atoms with Crippen molar-refractivity contribution in [1.29, 1.82) is 0 Å². The van der Waals surface area contributed by atoms with Crippen molar-refractivity contribution < 1.29 is 9.32 Å². The first-order valence-electron chi connectivity index (χ1n) is 7.47. The standard InChI is InChI=1S/C17H18N4O2/c1-10(8-14-11(2)21-23-12(14)3)17(22)20-16-15-9-18-6-4-13(15)5-7-19-16/h4-7,9-10H,8H2,1-3H3,(H,19,20,22). The Morgan fingerprint density at radius 1 is 1.30 bits per heavy atom. The molecule has 0 saturated carbocycles. The van der Waals surface area contributed by atoms with Gasteiger partial charge in [0.1, 0.15) is 11.6 Å². The van der Waals surface area contributed by atoms with Crippen LogP contribution in [-0.2, 0) is 11.2 Å². The van der Waals surface area contributed by atoms with Crippen LogP contribution in [0.1, 0.15) is 23.9 Å². The van der Waals surface area contributed by atoms with Gasteiger partial charge in [-0.05, 0) is 37.8 Å². The fraction of sp³-hybridized carbons (Fsp3) is 0.294. The molecule has 1 unspecified atom stereocenters. The lowest BCUT2D eigenvalue weighted by Gasteiger charge is -2.12. The normalized spacial score (nSPS) is 12.3. The van der Waals surface area contributed by atoms with Gasteiger partial charge in [0.2, 0.25) is 5.91 Å². The summed E-state index contributed by atoms with van der Waals surface area (Å²) in [5, 5.41) is 8.64. The molecule has 1 amide bonds.